The van der Waals surface area contributed by atoms with Gasteiger partial charge in [-0.25, -0.2) is 0 Å². The molecular formula is C15H19N5O. The van der Waals surface area contributed by atoms with Crippen LogP contribution >= 0.6 is 0 Å². The number of carbonyl (C=O) groups is 1. The molecule has 0 aromatic carbocycles. The van der Waals surface area contributed by atoms with Gasteiger partial charge < -0.3 is 4.90 Å². The Morgan fingerprint density at radius 2 is 1.95 bits per heavy atom. The molecule has 0 unspecified atom stereocenters. The normalized spacial score (nSPS) is 16.7. The number of aromatic nitrogens is 3. The second kappa shape index (κ2) is 6.49. The van der Waals surface area contributed by atoms with Crippen LogP contribution in [0.4, 0.5) is 0 Å². The lowest BCUT2D eigenvalue weighted by Crippen LogP contribution is -2.35. The number of H-pyrrole nitrogens is 1. The molecule has 3 heterocycles. The minimum absolute atomic E-state index is 0.0401. The van der Waals surface area contributed by atoms with Gasteiger partial charge in [0.2, 0.25) is 0 Å². The minimum atomic E-state index is 0.0401. The van der Waals surface area contributed by atoms with Gasteiger partial charge in [0.15, 0.2) is 0 Å². The lowest BCUT2D eigenvalue weighted by molar-refractivity contribution is 0.0755. The highest BCUT2D eigenvalue weighted by atomic mass is 16.2. The van der Waals surface area contributed by atoms with E-state index in [9.17, 15) is 4.79 Å². The standard InChI is InChI=1S/C15H19N5O/c21-15(14-4-7-17-18-14)20-9-1-8-19(10-11-20)12-13-2-5-16-6-3-13/h2-7H,1,8-12H2,(H,17,18). The van der Waals surface area contributed by atoms with E-state index in [0.29, 0.717) is 5.69 Å². The average molecular weight is 285 g/mol. The maximum atomic E-state index is 12.3. The van der Waals surface area contributed by atoms with Crippen molar-refractivity contribution in [3.63, 3.8) is 0 Å². The van der Waals surface area contributed by atoms with Gasteiger partial charge >= 0.3 is 0 Å². The van der Waals surface area contributed by atoms with E-state index < -0.39 is 0 Å². The van der Waals surface area contributed by atoms with Crippen LogP contribution in [0.25, 0.3) is 0 Å². The summed E-state index contributed by atoms with van der Waals surface area (Å²) in [6.45, 7) is 4.36. The molecule has 0 bridgehead atoms. The first kappa shape index (κ1) is 13.8. The zero-order chi connectivity index (χ0) is 14.5. The van der Waals surface area contributed by atoms with Gasteiger partial charge in [0.25, 0.3) is 5.91 Å². The van der Waals surface area contributed by atoms with Crippen molar-refractivity contribution in [3.8, 4) is 0 Å². The van der Waals surface area contributed by atoms with Gasteiger partial charge in [-0.2, -0.15) is 5.10 Å². The van der Waals surface area contributed by atoms with Crippen molar-refractivity contribution < 1.29 is 4.79 Å². The van der Waals surface area contributed by atoms with Gasteiger partial charge in [0.1, 0.15) is 5.69 Å². The maximum Gasteiger partial charge on any atom is 0.271 e. The third-order valence-electron chi connectivity index (χ3n) is 3.76. The maximum absolute atomic E-state index is 12.3. The van der Waals surface area contributed by atoms with Crippen LogP contribution < -0.4 is 0 Å². The Labute approximate surface area is 123 Å². The van der Waals surface area contributed by atoms with Crippen LogP contribution in [0, 0.1) is 0 Å². The smallest absolute Gasteiger partial charge is 0.271 e. The van der Waals surface area contributed by atoms with Gasteiger partial charge in [0.05, 0.1) is 0 Å². The highest BCUT2D eigenvalue weighted by Gasteiger charge is 2.20. The summed E-state index contributed by atoms with van der Waals surface area (Å²) < 4.78 is 0. The Hall–Kier alpha value is -2.21. The average Bonchev–Trinajstić information content (AvgIpc) is 2.95. The van der Waals surface area contributed by atoms with Crippen LogP contribution in [-0.4, -0.2) is 57.1 Å². The lowest BCUT2D eigenvalue weighted by Gasteiger charge is -2.21. The molecule has 1 saturated heterocycles. The van der Waals surface area contributed by atoms with E-state index in [0.717, 1.165) is 39.1 Å². The van der Waals surface area contributed by atoms with E-state index in [-0.39, 0.29) is 5.91 Å². The summed E-state index contributed by atoms with van der Waals surface area (Å²) in [6, 6.07) is 5.80. The first-order valence-corrected chi connectivity index (χ1v) is 7.23. The van der Waals surface area contributed by atoms with Gasteiger partial charge in [-0.3, -0.25) is 19.8 Å². The molecule has 6 heteroatoms. The predicted octanol–water partition coefficient (Wildman–Crippen LogP) is 1.15. The zero-order valence-corrected chi connectivity index (χ0v) is 11.9. The van der Waals surface area contributed by atoms with E-state index >= 15 is 0 Å². The molecule has 1 amide bonds. The molecule has 1 N–H and O–H groups in total. The molecule has 0 spiro atoms. The van der Waals surface area contributed by atoms with Crippen molar-refractivity contribution in [2.75, 3.05) is 26.2 Å². The number of amides is 1. The molecule has 0 atom stereocenters. The summed E-state index contributed by atoms with van der Waals surface area (Å²) in [7, 11) is 0. The summed E-state index contributed by atoms with van der Waals surface area (Å²) in [5.41, 5.74) is 1.83. The van der Waals surface area contributed by atoms with Gasteiger partial charge in [0, 0.05) is 51.3 Å². The molecule has 0 radical (unpaired) electrons. The molecule has 1 aliphatic rings. The number of hydrogen-bond acceptors (Lipinski definition) is 4. The third kappa shape index (κ3) is 3.46. The van der Waals surface area contributed by atoms with E-state index in [4.69, 9.17) is 0 Å². The van der Waals surface area contributed by atoms with Crippen molar-refractivity contribution in [3.05, 3.63) is 48.0 Å². The molecule has 0 aliphatic carbocycles. The van der Waals surface area contributed by atoms with Gasteiger partial charge in [-0.15, -0.1) is 0 Å². The number of rotatable bonds is 3. The first-order chi connectivity index (χ1) is 10.3. The van der Waals surface area contributed by atoms with Crippen LogP contribution in [-0.2, 0) is 6.54 Å². The molecule has 3 rings (SSSR count). The second-order valence-corrected chi connectivity index (χ2v) is 5.25. The van der Waals surface area contributed by atoms with Crippen LogP contribution in [0.5, 0.6) is 0 Å². The van der Waals surface area contributed by atoms with E-state index in [1.165, 1.54) is 5.56 Å². The highest BCUT2D eigenvalue weighted by Crippen LogP contribution is 2.10. The van der Waals surface area contributed by atoms with E-state index in [1.54, 1.807) is 12.3 Å². The summed E-state index contributed by atoms with van der Waals surface area (Å²) in [4.78, 5) is 20.6. The Kier molecular flexibility index (Phi) is 4.25. The summed E-state index contributed by atoms with van der Waals surface area (Å²) in [5, 5.41) is 6.59. The number of pyridine rings is 1. The Morgan fingerprint density at radius 3 is 2.71 bits per heavy atom. The first-order valence-electron chi connectivity index (χ1n) is 7.23. The monoisotopic (exact) mass is 285 g/mol. The molecule has 1 aliphatic heterocycles. The molecule has 2 aromatic rings. The number of hydrogen-bond donors (Lipinski definition) is 1. The Bertz CT molecular complexity index is 569. The predicted molar refractivity (Wildman–Crippen MR) is 78.6 cm³/mol. The number of aromatic amines is 1. The molecule has 21 heavy (non-hydrogen) atoms. The SMILES string of the molecule is O=C(c1ccn[nH]1)N1CCCN(Cc2ccncc2)CC1. The summed E-state index contributed by atoms with van der Waals surface area (Å²) >= 11 is 0. The van der Waals surface area contributed by atoms with Gasteiger partial charge in [-0.05, 0) is 30.2 Å². The fraction of sp³-hybridized carbons (Fsp3) is 0.400. The van der Waals surface area contributed by atoms with Crippen molar-refractivity contribution in [1.29, 1.82) is 0 Å². The second-order valence-electron chi connectivity index (χ2n) is 5.25. The Morgan fingerprint density at radius 1 is 1.10 bits per heavy atom. The summed E-state index contributed by atoms with van der Waals surface area (Å²) in [5.74, 6) is 0.0401. The zero-order valence-electron chi connectivity index (χ0n) is 11.9. The lowest BCUT2D eigenvalue weighted by atomic mass is 10.2. The minimum Gasteiger partial charge on any atom is -0.336 e. The molecule has 0 saturated carbocycles. The molecule has 1 fully saturated rings. The van der Waals surface area contributed by atoms with Crippen molar-refractivity contribution in [1.82, 2.24) is 25.0 Å². The van der Waals surface area contributed by atoms with Crippen LogP contribution in [0.1, 0.15) is 22.5 Å². The highest BCUT2D eigenvalue weighted by molar-refractivity contribution is 5.92. The molecule has 2 aromatic heterocycles. The number of nitrogens with one attached hydrogen (secondary N) is 1. The summed E-state index contributed by atoms with van der Waals surface area (Å²) in [6.07, 6.45) is 6.24. The van der Waals surface area contributed by atoms with Crippen LogP contribution in [0.15, 0.2) is 36.8 Å². The van der Waals surface area contributed by atoms with E-state index in [2.05, 4.69) is 20.1 Å². The van der Waals surface area contributed by atoms with Crippen molar-refractivity contribution >= 4 is 5.91 Å². The molecular weight excluding hydrogens is 266 g/mol. The molecule has 110 valence electrons. The third-order valence-corrected chi connectivity index (χ3v) is 3.76. The molecule has 6 nitrogen and oxygen atoms in total. The van der Waals surface area contributed by atoms with Crippen molar-refractivity contribution in [2.24, 2.45) is 0 Å². The van der Waals surface area contributed by atoms with Crippen LogP contribution in [0.3, 0.4) is 0 Å². The largest absolute Gasteiger partial charge is 0.336 e. The number of nitrogens with zero attached hydrogens (tertiary/aromatic N) is 4. The van der Waals surface area contributed by atoms with Crippen LogP contribution in [0.2, 0.25) is 0 Å². The van der Waals surface area contributed by atoms with E-state index in [1.807, 2.05) is 29.4 Å². The Balaban J connectivity index is 1.58. The van der Waals surface area contributed by atoms with Gasteiger partial charge in [-0.1, -0.05) is 0 Å². The topological polar surface area (TPSA) is 65.1 Å². The fourth-order valence-corrected chi connectivity index (χ4v) is 2.62. The van der Waals surface area contributed by atoms with Crippen molar-refractivity contribution in [2.45, 2.75) is 13.0 Å². The fourth-order valence-electron chi connectivity index (χ4n) is 2.62. The number of carbonyl (C=O) groups excluding carboxylic acids is 1. The quantitative estimate of drug-likeness (QED) is 0.919.